The van der Waals surface area contributed by atoms with Gasteiger partial charge in [-0.25, -0.2) is 0 Å². The van der Waals surface area contributed by atoms with Crippen molar-refractivity contribution in [1.29, 1.82) is 0 Å². The third kappa shape index (κ3) is 4.09. The molecule has 1 aliphatic rings. The van der Waals surface area contributed by atoms with E-state index in [1.54, 1.807) is 47.4 Å². The molecule has 8 heteroatoms. The molecule has 0 bridgehead atoms. The molecule has 2 aromatic carbocycles. The van der Waals surface area contributed by atoms with Gasteiger partial charge in [-0.15, -0.1) is 0 Å². The van der Waals surface area contributed by atoms with Crippen LogP contribution in [0, 0.1) is 13.8 Å². The maximum absolute atomic E-state index is 13.4. The van der Waals surface area contributed by atoms with Gasteiger partial charge in [-0.1, -0.05) is 23.4 Å². The first kappa shape index (κ1) is 20.5. The zero-order valence-electron chi connectivity index (χ0n) is 17.5. The maximum Gasteiger partial charge on any atom is 0.262 e. The Balaban J connectivity index is 1.57. The Hall–Kier alpha value is -3.81. The van der Waals surface area contributed by atoms with Crippen LogP contribution in [0.5, 0.6) is 11.5 Å². The van der Waals surface area contributed by atoms with Crippen LogP contribution in [0.25, 0.3) is 0 Å². The van der Waals surface area contributed by atoms with Crippen LogP contribution in [0.2, 0.25) is 0 Å². The molecule has 1 aliphatic heterocycles. The van der Waals surface area contributed by atoms with E-state index in [-0.39, 0.29) is 25.0 Å². The number of hydrogen-bond donors (Lipinski definition) is 1. The molecular weight excluding hydrogens is 398 g/mol. The number of likely N-dealkylation sites (N-methyl/N-ethyl adjacent to an activating group) is 1. The molecule has 1 N–H and O–H groups in total. The minimum Gasteiger partial charge on any atom is -0.489 e. The molecule has 0 radical (unpaired) electrons. The van der Waals surface area contributed by atoms with Crippen molar-refractivity contribution in [2.75, 3.05) is 18.5 Å². The molecule has 2 heterocycles. The zero-order chi connectivity index (χ0) is 22.0. The van der Waals surface area contributed by atoms with Crippen molar-refractivity contribution in [1.82, 2.24) is 10.5 Å². The molecule has 0 saturated carbocycles. The summed E-state index contributed by atoms with van der Waals surface area (Å²) in [6.45, 7) is 4.09. The molecule has 31 heavy (non-hydrogen) atoms. The first-order valence-corrected chi connectivity index (χ1v) is 9.91. The summed E-state index contributed by atoms with van der Waals surface area (Å²) in [6.07, 6.45) is -0.789. The van der Waals surface area contributed by atoms with E-state index in [4.69, 9.17) is 14.0 Å². The maximum atomic E-state index is 13.4. The van der Waals surface area contributed by atoms with E-state index in [9.17, 15) is 9.59 Å². The second-order valence-electron chi connectivity index (χ2n) is 7.22. The molecule has 4 rings (SSSR count). The van der Waals surface area contributed by atoms with Crippen molar-refractivity contribution < 1.29 is 23.6 Å². The molecule has 3 aromatic rings. The number of aromatic nitrogens is 1. The first-order valence-electron chi connectivity index (χ1n) is 9.91. The number of carbonyl (C=O) groups excluding carboxylic acids is 2. The van der Waals surface area contributed by atoms with E-state index in [2.05, 4.69) is 10.5 Å². The van der Waals surface area contributed by atoms with Gasteiger partial charge in [-0.2, -0.15) is 0 Å². The number of ether oxygens (including phenoxy) is 2. The highest BCUT2D eigenvalue weighted by Crippen LogP contribution is 2.34. The highest BCUT2D eigenvalue weighted by Gasteiger charge is 2.33. The van der Waals surface area contributed by atoms with Crippen molar-refractivity contribution in [3.63, 3.8) is 0 Å². The van der Waals surface area contributed by atoms with E-state index in [0.29, 0.717) is 28.5 Å². The average molecular weight is 421 g/mol. The number of carbonyl (C=O) groups is 2. The highest BCUT2D eigenvalue weighted by atomic mass is 16.5. The third-order valence-electron chi connectivity index (χ3n) is 5.20. The first-order chi connectivity index (χ1) is 15.0. The van der Waals surface area contributed by atoms with E-state index in [1.165, 1.54) is 7.05 Å². The van der Waals surface area contributed by atoms with Crippen LogP contribution >= 0.6 is 0 Å². The molecule has 0 fully saturated rings. The summed E-state index contributed by atoms with van der Waals surface area (Å²) in [5, 5.41) is 6.50. The van der Waals surface area contributed by atoms with Crippen LogP contribution in [0.4, 0.5) is 5.69 Å². The number of rotatable bonds is 5. The summed E-state index contributed by atoms with van der Waals surface area (Å²) < 4.78 is 16.8. The van der Waals surface area contributed by atoms with Gasteiger partial charge in [0, 0.05) is 12.6 Å². The van der Waals surface area contributed by atoms with E-state index in [0.717, 1.165) is 11.3 Å². The number of fused-ring (bicyclic) bond motifs is 1. The van der Waals surface area contributed by atoms with E-state index in [1.807, 2.05) is 19.9 Å². The summed E-state index contributed by atoms with van der Waals surface area (Å²) in [7, 11) is 1.54. The zero-order valence-corrected chi connectivity index (χ0v) is 17.5. The van der Waals surface area contributed by atoms with Gasteiger partial charge in [-0.05, 0) is 44.2 Å². The number of benzene rings is 2. The van der Waals surface area contributed by atoms with Gasteiger partial charge < -0.3 is 24.2 Å². The van der Waals surface area contributed by atoms with Crippen LogP contribution in [0.1, 0.15) is 27.4 Å². The van der Waals surface area contributed by atoms with Crippen molar-refractivity contribution >= 4 is 17.5 Å². The predicted molar refractivity (Wildman–Crippen MR) is 113 cm³/mol. The quantitative estimate of drug-likeness (QED) is 0.681. The molecule has 8 nitrogen and oxygen atoms in total. The second kappa shape index (κ2) is 8.51. The Morgan fingerprint density at radius 2 is 2.00 bits per heavy atom. The van der Waals surface area contributed by atoms with E-state index >= 15 is 0 Å². The van der Waals surface area contributed by atoms with Crippen LogP contribution in [-0.4, -0.2) is 36.7 Å². The van der Waals surface area contributed by atoms with Crippen molar-refractivity contribution in [3.8, 4) is 11.5 Å². The lowest BCUT2D eigenvalue weighted by Gasteiger charge is -2.34. The van der Waals surface area contributed by atoms with Crippen molar-refractivity contribution in [2.45, 2.75) is 26.6 Å². The number of para-hydroxylation sites is 2. The fourth-order valence-electron chi connectivity index (χ4n) is 3.46. The predicted octanol–water partition coefficient (Wildman–Crippen LogP) is 3.02. The Bertz CT molecular complexity index is 1100. The molecule has 1 atom stereocenters. The topological polar surface area (TPSA) is 93.9 Å². The largest absolute Gasteiger partial charge is 0.489 e. The minimum atomic E-state index is -0.789. The van der Waals surface area contributed by atoms with Crippen molar-refractivity contribution in [3.05, 3.63) is 71.1 Å². The number of amides is 2. The fraction of sp³-hybridized carbons (Fsp3) is 0.261. The highest BCUT2D eigenvalue weighted by molar-refractivity contribution is 6.08. The summed E-state index contributed by atoms with van der Waals surface area (Å²) in [4.78, 5) is 27.1. The standard InChI is InChI=1S/C23H23N3O5/c1-14-18(15(2)31-25-14)13-29-17-8-6-7-16(11-17)23(28)26-12-21(22(27)24-3)30-20-10-5-4-9-19(20)26/h4-11,21H,12-13H2,1-3H3,(H,24,27)/t21-/m0/s1. The molecule has 0 unspecified atom stereocenters. The fourth-order valence-corrected chi connectivity index (χ4v) is 3.46. The molecule has 0 saturated heterocycles. The van der Waals surface area contributed by atoms with Crippen LogP contribution in [-0.2, 0) is 11.4 Å². The summed E-state index contributed by atoms with van der Waals surface area (Å²) in [5.41, 5.74) is 2.72. The number of anilines is 1. The number of aryl methyl sites for hydroxylation is 2. The van der Waals surface area contributed by atoms with Crippen LogP contribution < -0.4 is 19.7 Å². The lowest BCUT2D eigenvalue weighted by atomic mass is 10.1. The Morgan fingerprint density at radius 3 is 2.74 bits per heavy atom. The van der Waals surface area contributed by atoms with Gasteiger partial charge >= 0.3 is 0 Å². The van der Waals surface area contributed by atoms with Gasteiger partial charge in [0.05, 0.1) is 23.5 Å². The lowest BCUT2D eigenvalue weighted by molar-refractivity contribution is -0.127. The third-order valence-corrected chi connectivity index (χ3v) is 5.20. The second-order valence-corrected chi connectivity index (χ2v) is 7.22. The average Bonchev–Trinajstić information content (AvgIpc) is 3.13. The van der Waals surface area contributed by atoms with Gasteiger partial charge in [0.25, 0.3) is 11.8 Å². The number of hydrogen-bond acceptors (Lipinski definition) is 6. The lowest BCUT2D eigenvalue weighted by Crippen LogP contribution is -2.50. The normalized spacial score (nSPS) is 15.1. The van der Waals surface area contributed by atoms with Crippen molar-refractivity contribution in [2.24, 2.45) is 0 Å². The van der Waals surface area contributed by atoms with Gasteiger partial charge in [0.2, 0.25) is 0 Å². The summed E-state index contributed by atoms with van der Waals surface area (Å²) in [6, 6.07) is 14.1. The Kier molecular flexibility index (Phi) is 5.62. The number of nitrogens with one attached hydrogen (secondary N) is 1. The van der Waals surface area contributed by atoms with Crippen LogP contribution in [0.15, 0.2) is 53.1 Å². The van der Waals surface area contributed by atoms with E-state index < -0.39 is 6.10 Å². The SMILES string of the molecule is CNC(=O)[C@@H]1CN(C(=O)c2cccc(OCc3c(C)noc3C)c2)c2ccccc2O1. The molecule has 0 spiro atoms. The van der Waals surface area contributed by atoms with Crippen LogP contribution in [0.3, 0.4) is 0 Å². The summed E-state index contributed by atoms with van der Waals surface area (Å²) in [5.74, 6) is 1.21. The van der Waals surface area contributed by atoms with Gasteiger partial charge in [-0.3, -0.25) is 9.59 Å². The molecule has 1 aromatic heterocycles. The smallest absolute Gasteiger partial charge is 0.262 e. The molecule has 2 amide bonds. The molecule has 0 aliphatic carbocycles. The number of nitrogens with zero attached hydrogens (tertiary/aromatic N) is 2. The van der Waals surface area contributed by atoms with Gasteiger partial charge in [0.15, 0.2) is 6.10 Å². The monoisotopic (exact) mass is 421 g/mol. The molecule has 160 valence electrons. The summed E-state index contributed by atoms with van der Waals surface area (Å²) >= 11 is 0. The Labute approximate surface area is 179 Å². The minimum absolute atomic E-state index is 0.111. The Morgan fingerprint density at radius 1 is 1.19 bits per heavy atom. The molecular formula is C23H23N3O5. The van der Waals surface area contributed by atoms with Gasteiger partial charge in [0.1, 0.15) is 23.9 Å².